The summed E-state index contributed by atoms with van der Waals surface area (Å²) in [7, 11) is 0. The Bertz CT molecular complexity index is 874. The van der Waals surface area contributed by atoms with Crippen molar-refractivity contribution in [3.63, 3.8) is 0 Å². The molecule has 0 bridgehead atoms. The minimum atomic E-state index is -5.04. The van der Waals surface area contributed by atoms with Gasteiger partial charge in [-0.1, -0.05) is 11.6 Å². The molecule has 0 aliphatic carbocycles. The van der Waals surface area contributed by atoms with Crippen LogP contribution in [0.3, 0.4) is 0 Å². The topological polar surface area (TPSA) is 58.4 Å². The zero-order chi connectivity index (χ0) is 20.7. The molecule has 1 aliphatic rings. The number of hydrogen-bond donors (Lipinski definition) is 1. The molecular weight excluding hydrogens is 402 g/mol. The Labute approximate surface area is 163 Å². The molecule has 1 aromatic heterocycles. The molecule has 1 fully saturated rings. The summed E-state index contributed by atoms with van der Waals surface area (Å²) in [6.45, 7) is 0.600. The Morgan fingerprint density at radius 1 is 1.25 bits per heavy atom. The van der Waals surface area contributed by atoms with Crippen LogP contribution in [-0.4, -0.2) is 50.6 Å². The van der Waals surface area contributed by atoms with Crippen LogP contribution in [0.1, 0.15) is 31.4 Å². The lowest BCUT2D eigenvalue weighted by atomic mass is 9.92. The van der Waals surface area contributed by atoms with Crippen LogP contribution in [0.2, 0.25) is 5.02 Å². The zero-order valence-corrected chi connectivity index (χ0v) is 15.6. The molecule has 28 heavy (non-hydrogen) atoms. The molecule has 0 radical (unpaired) electrons. The van der Waals surface area contributed by atoms with E-state index < -0.39 is 23.5 Å². The molecule has 1 N–H and O–H groups in total. The van der Waals surface area contributed by atoms with Crippen molar-refractivity contribution in [2.45, 2.75) is 37.5 Å². The maximum Gasteiger partial charge on any atom is 0.426 e. The van der Waals surface area contributed by atoms with Gasteiger partial charge in [0.2, 0.25) is 5.60 Å². The molecule has 1 saturated heterocycles. The summed E-state index contributed by atoms with van der Waals surface area (Å²) in [5, 5.41) is 14.0. The van der Waals surface area contributed by atoms with Crippen molar-refractivity contribution in [3.05, 3.63) is 47.0 Å². The third-order valence-electron chi connectivity index (χ3n) is 4.98. The molecule has 5 nitrogen and oxygen atoms in total. The largest absolute Gasteiger partial charge is 0.426 e. The van der Waals surface area contributed by atoms with Gasteiger partial charge in [-0.05, 0) is 44.0 Å². The number of aromatic nitrogens is 2. The minimum absolute atomic E-state index is 0.0675. The summed E-state index contributed by atoms with van der Waals surface area (Å²) < 4.78 is 53.5. The highest BCUT2D eigenvalue weighted by atomic mass is 35.5. The summed E-state index contributed by atoms with van der Waals surface area (Å²) in [5.41, 5.74) is -2.16. The van der Waals surface area contributed by atoms with Gasteiger partial charge in [0.15, 0.2) is 0 Å². The van der Waals surface area contributed by atoms with E-state index in [1.165, 1.54) is 18.2 Å². The Morgan fingerprint density at radius 2 is 1.89 bits per heavy atom. The number of nitrogens with zero attached hydrogens (tertiary/aromatic N) is 3. The van der Waals surface area contributed by atoms with Crippen LogP contribution in [0.4, 0.5) is 17.6 Å². The third-order valence-corrected chi connectivity index (χ3v) is 5.28. The van der Waals surface area contributed by atoms with E-state index in [0.29, 0.717) is 25.5 Å². The van der Waals surface area contributed by atoms with Crippen LogP contribution < -0.4 is 0 Å². The summed E-state index contributed by atoms with van der Waals surface area (Å²) in [6, 6.07) is 5.68. The lowest BCUT2D eigenvalue weighted by molar-refractivity contribution is -0.250. The van der Waals surface area contributed by atoms with Gasteiger partial charge in [-0.25, -0.2) is 9.07 Å². The van der Waals surface area contributed by atoms with Crippen LogP contribution in [-0.2, 0) is 4.79 Å². The first-order valence-corrected chi connectivity index (χ1v) is 8.98. The van der Waals surface area contributed by atoms with Crippen molar-refractivity contribution in [2.75, 3.05) is 13.1 Å². The normalized spacial score (nSPS) is 18.2. The van der Waals surface area contributed by atoms with Crippen molar-refractivity contribution < 1.29 is 27.5 Å². The summed E-state index contributed by atoms with van der Waals surface area (Å²) in [6.07, 6.45) is -2.70. The zero-order valence-electron chi connectivity index (χ0n) is 14.9. The predicted molar refractivity (Wildman–Crippen MR) is 93.8 cm³/mol. The van der Waals surface area contributed by atoms with Gasteiger partial charge in [0.1, 0.15) is 5.82 Å². The van der Waals surface area contributed by atoms with E-state index in [-0.39, 0.29) is 24.0 Å². The van der Waals surface area contributed by atoms with Gasteiger partial charge in [-0.2, -0.15) is 18.3 Å². The molecule has 1 unspecified atom stereocenters. The highest BCUT2D eigenvalue weighted by Gasteiger charge is 2.57. The van der Waals surface area contributed by atoms with E-state index >= 15 is 0 Å². The number of aliphatic hydroxyl groups is 1. The van der Waals surface area contributed by atoms with Crippen LogP contribution in [0.25, 0.3) is 5.69 Å². The van der Waals surface area contributed by atoms with E-state index in [9.17, 15) is 27.5 Å². The Hall–Kier alpha value is -2.13. The molecule has 2 aromatic rings. The monoisotopic (exact) mass is 419 g/mol. The van der Waals surface area contributed by atoms with Gasteiger partial charge in [0, 0.05) is 30.9 Å². The number of carbonyl (C=O) groups is 1. The van der Waals surface area contributed by atoms with E-state index in [0.717, 1.165) is 10.6 Å². The van der Waals surface area contributed by atoms with Crippen molar-refractivity contribution in [3.8, 4) is 5.69 Å². The Kier molecular flexibility index (Phi) is 5.42. The van der Waals surface area contributed by atoms with Crippen molar-refractivity contribution >= 4 is 17.5 Å². The summed E-state index contributed by atoms with van der Waals surface area (Å²) in [5.74, 6) is -1.91. The number of rotatable bonds is 3. The maximum absolute atomic E-state index is 13.3. The van der Waals surface area contributed by atoms with E-state index in [1.807, 2.05) is 0 Å². The molecule has 1 aliphatic heterocycles. The standard InChI is InChI=1S/C18H18ClF4N3O2/c1-17(28,18(21,22)23)16(27)25-8-5-11(6-9-25)14-4-7-24-26(14)15-3-2-12(20)10-13(15)19/h2-4,7,10-11,28H,5-6,8-9H2,1H3. The van der Waals surface area contributed by atoms with Gasteiger partial charge in [0.05, 0.1) is 10.7 Å². The Balaban J connectivity index is 1.75. The fourth-order valence-corrected chi connectivity index (χ4v) is 3.53. The molecule has 10 heteroatoms. The molecular formula is C18H18ClF4N3O2. The first-order chi connectivity index (χ1) is 13.0. The summed E-state index contributed by atoms with van der Waals surface area (Å²) in [4.78, 5) is 13.1. The average molecular weight is 420 g/mol. The minimum Gasteiger partial charge on any atom is -0.373 e. The second-order valence-electron chi connectivity index (χ2n) is 6.90. The first kappa shape index (κ1) is 20.6. The molecule has 1 aromatic carbocycles. The van der Waals surface area contributed by atoms with Crippen LogP contribution in [0.15, 0.2) is 30.5 Å². The van der Waals surface area contributed by atoms with Gasteiger partial charge in [-0.15, -0.1) is 0 Å². The average Bonchev–Trinajstić information content (AvgIpc) is 3.09. The second kappa shape index (κ2) is 7.36. The number of hydrogen-bond acceptors (Lipinski definition) is 3. The lowest BCUT2D eigenvalue weighted by Gasteiger charge is -2.36. The maximum atomic E-state index is 13.3. The molecule has 1 amide bonds. The number of halogens is 5. The van der Waals surface area contributed by atoms with Crippen molar-refractivity contribution in [1.29, 1.82) is 0 Å². The lowest BCUT2D eigenvalue weighted by Crippen LogP contribution is -2.57. The fraction of sp³-hybridized carbons (Fsp3) is 0.444. The highest BCUT2D eigenvalue weighted by Crippen LogP contribution is 2.35. The van der Waals surface area contributed by atoms with Crippen molar-refractivity contribution in [1.82, 2.24) is 14.7 Å². The smallest absolute Gasteiger partial charge is 0.373 e. The van der Waals surface area contributed by atoms with Crippen LogP contribution in [0.5, 0.6) is 0 Å². The van der Waals surface area contributed by atoms with Crippen LogP contribution in [0, 0.1) is 5.82 Å². The van der Waals surface area contributed by atoms with E-state index in [4.69, 9.17) is 11.6 Å². The third kappa shape index (κ3) is 3.73. The Morgan fingerprint density at radius 3 is 2.46 bits per heavy atom. The van der Waals surface area contributed by atoms with Crippen molar-refractivity contribution in [2.24, 2.45) is 0 Å². The number of piperidine rings is 1. The van der Waals surface area contributed by atoms with Gasteiger partial charge in [0.25, 0.3) is 5.91 Å². The molecule has 0 saturated carbocycles. The number of alkyl halides is 3. The van der Waals surface area contributed by atoms with Gasteiger partial charge >= 0.3 is 6.18 Å². The summed E-state index contributed by atoms with van der Waals surface area (Å²) >= 11 is 6.10. The molecule has 3 rings (SSSR count). The molecule has 0 spiro atoms. The molecule has 152 valence electrons. The van der Waals surface area contributed by atoms with Crippen LogP contribution >= 0.6 is 11.6 Å². The first-order valence-electron chi connectivity index (χ1n) is 8.60. The fourth-order valence-electron chi connectivity index (χ4n) is 3.28. The van der Waals surface area contributed by atoms with Gasteiger partial charge in [-0.3, -0.25) is 4.79 Å². The number of amides is 1. The predicted octanol–water partition coefficient (Wildman–Crippen LogP) is 3.68. The van der Waals surface area contributed by atoms with Gasteiger partial charge < -0.3 is 10.0 Å². The van der Waals surface area contributed by atoms with E-state index in [1.54, 1.807) is 16.9 Å². The SMILES string of the molecule is CC(O)(C(=O)N1CCC(c2ccnn2-c2ccc(F)cc2Cl)CC1)C(F)(F)F. The van der Waals surface area contributed by atoms with E-state index in [2.05, 4.69) is 5.10 Å². The quantitative estimate of drug-likeness (QED) is 0.772. The molecule has 2 heterocycles. The number of carbonyl (C=O) groups excluding carboxylic acids is 1. The highest BCUT2D eigenvalue weighted by molar-refractivity contribution is 6.32. The molecule has 1 atom stereocenters. The number of likely N-dealkylation sites (tertiary alicyclic amines) is 1. The number of benzene rings is 1. The second-order valence-corrected chi connectivity index (χ2v) is 7.31.